The molecule has 0 saturated heterocycles. The van der Waals surface area contributed by atoms with Crippen LogP contribution in [0.4, 0.5) is 0 Å². The number of carboxylic acid groups (broad SMARTS) is 1. The summed E-state index contributed by atoms with van der Waals surface area (Å²) in [6, 6.07) is 12.0. The highest BCUT2D eigenvalue weighted by Gasteiger charge is 2.54. The van der Waals surface area contributed by atoms with Crippen molar-refractivity contribution in [2.24, 2.45) is 0 Å². The van der Waals surface area contributed by atoms with Gasteiger partial charge in [-0.1, -0.05) is 37.8 Å². The van der Waals surface area contributed by atoms with Gasteiger partial charge >= 0.3 is 5.97 Å². The Bertz CT molecular complexity index is 1120. The normalized spacial score (nSPS) is 20.3. The molecule has 0 bridgehead atoms. The highest BCUT2D eigenvalue weighted by Crippen LogP contribution is 2.58. The molecule has 1 spiro atoms. The fourth-order valence-electron chi connectivity index (χ4n) is 4.85. The van der Waals surface area contributed by atoms with Crippen LogP contribution in [0.25, 0.3) is 0 Å². The van der Waals surface area contributed by atoms with Crippen LogP contribution in [-0.2, 0) is 15.6 Å². The molecular weight excluding hydrogens is 384 g/mol. The Balaban J connectivity index is 1.48. The van der Waals surface area contributed by atoms with Gasteiger partial charge in [-0.25, -0.2) is 0 Å². The number of ether oxygens (including phenoxy) is 1. The van der Waals surface area contributed by atoms with E-state index in [-0.39, 0.29) is 11.0 Å². The minimum atomic E-state index is -0.909. The lowest BCUT2D eigenvalue weighted by atomic mass is 9.75. The molecule has 2 aliphatic carbocycles. The molecule has 160 valence electrons. The zero-order valence-corrected chi connectivity index (χ0v) is 18.8. The summed E-state index contributed by atoms with van der Waals surface area (Å²) in [5, 5.41) is 9.43. The van der Waals surface area contributed by atoms with Crippen molar-refractivity contribution in [1.82, 2.24) is 0 Å². The summed E-state index contributed by atoms with van der Waals surface area (Å²) in [7, 11) is 0. The highest BCUT2D eigenvalue weighted by atomic mass is 16.5. The molecule has 1 N–H and O–H groups in total. The van der Waals surface area contributed by atoms with E-state index >= 15 is 0 Å². The third-order valence-electron chi connectivity index (χ3n) is 7.25. The maximum Gasteiger partial charge on any atom is 0.313 e. The molecule has 0 aromatic heterocycles. The molecule has 2 saturated carbocycles. The second-order valence-corrected chi connectivity index (χ2v) is 10.8. The van der Waals surface area contributed by atoms with Crippen molar-refractivity contribution < 1.29 is 14.6 Å². The van der Waals surface area contributed by atoms with Crippen molar-refractivity contribution in [3.8, 4) is 17.6 Å². The van der Waals surface area contributed by atoms with Gasteiger partial charge in [0.25, 0.3) is 0 Å². The van der Waals surface area contributed by atoms with E-state index in [9.17, 15) is 9.90 Å². The number of carboxylic acids is 1. The summed E-state index contributed by atoms with van der Waals surface area (Å²) >= 11 is 0. The minimum Gasteiger partial charge on any atom is -0.487 e. The van der Waals surface area contributed by atoms with Crippen molar-refractivity contribution in [3.05, 3.63) is 64.2 Å². The zero-order valence-electron chi connectivity index (χ0n) is 18.8. The van der Waals surface area contributed by atoms with Gasteiger partial charge in [0.2, 0.25) is 0 Å². The molecule has 0 amide bonds. The summed E-state index contributed by atoms with van der Waals surface area (Å²) < 4.78 is 6.58. The second-order valence-electron chi connectivity index (χ2n) is 10.8. The Morgan fingerprint density at radius 1 is 1.06 bits per heavy atom. The van der Waals surface area contributed by atoms with Gasteiger partial charge in [0.05, 0.1) is 5.41 Å². The predicted molar refractivity (Wildman–Crippen MR) is 122 cm³/mol. The Morgan fingerprint density at radius 3 is 2.29 bits per heavy atom. The standard InChI is InChI=1S/C28H30O3/c1-26(2)17-28(13-14-28)31-24-22(20-9-10-20)15-19(16-23(24)26)6-5-18-7-11-21(12-8-18)27(3,4)25(29)30/h7-8,11-12,15-16,20H,9-10,13-14,17H2,1-4H3,(H,29,30). The lowest BCUT2D eigenvalue weighted by Gasteiger charge is -2.39. The molecule has 5 rings (SSSR count). The first-order valence-corrected chi connectivity index (χ1v) is 11.3. The monoisotopic (exact) mass is 414 g/mol. The third-order valence-corrected chi connectivity index (χ3v) is 7.25. The Hall–Kier alpha value is -2.73. The molecule has 0 unspecified atom stereocenters. The molecule has 3 aliphatic rings. The Morgan fingerprint density at radius 2 is 1.71 bits per heavy atom. The summed E-state index contributed by atoms with van der Waals surface area (Å²) in [5.74, 6) is 7.57. The van der Waals surface area contributed by atoms with E-state index in [2.05, 4.69) is 37.8 Å². The van der Waals surface area contributed by atoms with Crippen molar-refractivity contribution >= 4 is 5.97 Å². The molecule has 2 aromatic rings. The van der Waals surface area contributed by atoms with Crippen LogP contribution < -0.4 is 4.74 Å². The number of benzene rings is 2. The summed E-state index contributed by atoms with van der Waals surface area (Å²) in [6.07, 6.45) is 5.91. The first-order valence-electron chi connectivity index (χ1n) is 11.3. The Kier molecular flexibility index (Phi) is 4.32. The molecule has 3 nitrogen and oxygen atoms in total. The quantitative estimate of drug-likeness (QED) is 0.634. The van der Waals surface area contributed by atoms with Crippen LogP contribution >= 0.6 is 0 Å². The van der Waals surface area contributed by atoms with Gasteiger partial charge in [0, 0.05) is 16.7 Å². The first kappa shape index (κ1) is 20.2. The van der Waals surface area contributed by atoms with Gasteiger partial charge in [-0.2, -0.15) is 0 Å². The van der Waals surface area contributed by atoms with Crippen molar-refractivity contribution in [1.29, 1.82) is 0 Å². The number of rotatable bonds is 3. The summed E-state index contributed by atoms with van der Waals surface area (Å²) in [6.45, 7) is 8.12. The van der Waals surface area contributed by atoms with E-state index in [1.807, 2.05) is 24.3 Å². The lowest BCUT2D eigenvalue weighted by molar-refractivity contribution is -0.142. The summed E-state index contributed by atoms with van der Waals surface area (Å²) in [4.78, 5) is 11.5. The zero-order chi connectivity index (χ0) is 22.0. The van der Waals surface area contributed by atoms with Gasteiger partial charge in [0.1, 0.15) is 11.4 Å². The number of carbonyl (C=O) groups is 1. The van der Waals surface area contributed by atoms with E-state index < -0.39 is 11.4 Å². The molecule has 0 radical (unpaired) electrons. The minimum absolute atomic E-state index is 0.0822. The average molecular weight is 415 g/mol. The topological polar surface area (TPSA) is 46.5 Å². The van der Waals surface area contributed by atoms with Crippen LogP contribution in [0.1, 0.15) is 93.5 Å². The van der Waals surface area contributed by atoms with Crippen molar-refractivity contribution in [2.45, 2.75) is 82.1 Å². The smallest absolute Gasteiger partial charge is 0.313 e. The largest absolute Gasteiger partial charge is 0.487 e. The molecule has 2 aromatic carbocycles. The number of fused-ring (bicyclic) bond motifs is 1. The molecule has 1 heterocycles. The third kappa shape index (κ3) is 3.63. The van der Waals surface area contributed by atoms with Gasteiger partial charge in [0.15, 0.2) is 0 Å². The number of aliphatic carboxylic acids is 1. The molecule has 3 heteroatoms. The summed E-state index contributed by atoms with van der Waals surface area (Å²) in [5.41, 5.74) is 4.63. The van der Waals surface area contributed by atoms with E-state index in [0.717, 1.165) is 28.9 Å². The fraction of sp³-hybridized carbons (Fsp3) is 0.464. The van der Waals surface area contributed by atoms with Crippen LogP contribution in [-0.4, -0.2) is 16.7 Å². The number of hydrogen-bond donors (Lipinski definition) is 1. The maximum atomic E-state index is 11.5. The molecule has 1 aliphatic heterocycles. The van der Waals surface area contributed by atoms with Gasteiger partial charge in [-0.15, -0.1) is 0 Å². The average Bonchev–Trinajstić information content (AvgIpc) is 3.63. The predicted octanol–water partition coefficient (Wildman–Crippen LogP) is 5.92. The van der Waals surface area contributed by atoms with Gasteiger partial charge in [-0.05, 0) is 92.7 Å². The van der Waals surface area contributed by atoms with Crippen LogP contribution in [0, 0.1) is 11.8 Å². The maximum absolute atomic E-state index is 11.5. The van der Waals surface area contributed by atoms with Crippen molar-refractivity contribution in [2.75, 3.05) is 0 Å². The molecule has 0 atom stereocenters. The van der Waals surface area contributed by atoms with E-state index in [1.165, 1.54) is 36.8 Å². The fourth-order valence-corrected chi connectivity index (χ4v) is 4.85. The lowest BCUT2D eigenvalue weighted by Crippen LogP contribution is -2.36. The second kappa shape index (κ2) is 6.63. The molecular formula is C28H30O3. The molecule has 31 heavy (non-hydrogen) atoms. The van der Waals surface area contributed by atoms with E-state index in [0.29, 0.717) is 5.92 Å². The Labute approximate surface area is 184 Å². The number of hydrogen-bond acceptors (Lipinski definition) is 2. The van der Waals surface area contributed by atoms with Crippen molar-refractivity contribution in [3.63, 3.8) is 0 Å². The van der Waals surface area contributed by atoms with Crippen LogP contribution in [0.15, 0.2) is 36.4 Å². The van der Waals surface area contributed by atoms with Crippen LogP contribution in [0.5, 0.6) is 5.75 Å². The van der Waals surface area contributed by atoms with Gasteiger partial charge < -0.3 is 9.84 Å². The van der Waals surface area contributed by atoms with Crippen LogP contribution in [0.3, 0.4) is 0 Å². The first-order chi connectivity index (χ1) is 14.6. The highest BCUT2D eigenvalue weighted by molar-refractivity contribution is 5.80. The van der Waals surface area contributed by atoms with Gasteiger partial charge in [-0.3, -0.25) is 4.79 Å². The molecule has 2 fully saturated rings. The van der Waals surface area contributed by atoms with E-state index in [1.54, 1.807) is 13.8 Å². The SMILES string of the molecule is CC1(C)CC2(CC2)Oc2c(C3CC3)cc(C#Cc3ccc(C(C)(C)C(=O)O)cc3)cc21. The van der Waals surface area contributed by atoms with Crippen LogP contribution in [0.2, 0.25) is 0 Å². The van der Waals surface area contributed by atoms with E-state index in [4.69, 9.17) is 4.74 Å².